The van der Waals surface area contributed by atoms with Crippen LogP contribution in [-0.2, 0) is 11.3 Å². The summed E-state index contributed by atoms with van der Waals surface area (Å²) in [6.07, 6.45) is 4.58. The number of urea groups is 1. The summed E-state index contributed by atoms with van der Waals surface area (Å²) < 4.78 is 8.10. The van der Waals surface area contributed by atoms with E-state index in [0.29, 0.717) is 12.5 Å². The molecule has 2 N–H and O–H groups in total. The molecule has 2 heterocycles. The highest BCUT2D eigenvalue weighted by Gasteiger charge is 2.46. The largest absolute Gasteiger partial charge is 0.367 e. The Morgan fingerprint density at radius 1 is 1.48 bits per heavy atom. The zero-order valence-electron chi connectivity index (χ0n) is 15.1. The Labute approximate surface area is 139 Å². The number of rotatable bonds is 5. The molecule has 6 heteroatoms. The summed E-state index contributed by atoms with van der Waals surface area (Å²) in [6, 6.07) is -0.109. The maximum atomic E-state index is 12.2. The quantitative estimate of drug-likeness (QED) is 0.875. The average Bonchev–Trinajstić information content (AvgIpc) is 2.88. The van der Waals surface area contributed by atoms with Crippen LogP contribution in [0.4, 0.5) is 4.79 Å². The summed E-state index contributed by atoms with van der Waals surface area (Å²) in [5.74, 6) is 1.33. The maximum absolute atomic E-state index is 12.2. The fourth-order valence-electron chi connectivity index (χ4n) is 3.26. The zero-order valence-corrected chi connectivity index (χ0v) is 15.1. The highest BCUT2D eigenvalue weighted by Crippen LogP contribution is 2.37. The number of aryl methyl sites for hydroxylation is 1. The van der Waals surface area contributed by atoms with Gasteiger partial charge in [0.05, 0.1) is 17.2 Å². The summed E-state index contributed by atoms with van der Waals surface area (Å²) in [4.78, 5) is 16.4. The van der Waals surface area contributed by atoms with Crippen LogP contribution in [0.15, 0.2) is 12.4 Å². The smallest absolute Gasteiger partial charge is 0.315 e. The molecule has 1 aromatic heterocycles. The summed E-state index contributed by atoms with van der Waals surface area (Å²) in [7, 11) is 0. The van der Waals surface area contributed by atoms with Gasteiger partial charge in [0, 0.05) is 25.5 Å². The molecule has 1 aliphatic rings. The summed E-state index contributed by atoms with van der Waals surface area (Å²) in [6.45, 7) is 13.7. The van der Waals surface area contributed by atoms with Gasteiger partial charge in [-0.1, -0.05) is 6.92 Å². The lowest BCUT2D eigenvalue weighted by atomic mass is 9.95. The first-order chi connectivity index (χ1) is 10.6. The Hall–Kier alpha value is -1.56. The van der Waals surface area contributed by atoms with E-state index in [1.807, 2.05) is 27.0 Å². The number of aromatic nitrogens is 2. The minimum atomic E-state index is -0.347. The second-order valence-corrected chi connectivity index (χ2v) is 7.81. The van der Waals surface area contributed by atoms with Crippen molar-refractivity contribution in [1.29, 1.82) is 0 Å². The molecule has 0 aliphatic carbocycles. The molecule has 2 amide bonds. The number of hydrogen-bond acceptors (Lipinski definition) is 3. The van der Waals surface area contributed by atoms with E-state index in [-0.39, 0.29) is 23.3 Å². The van der Waals surface area contributed by atoms with Gasteiger partial charge in [0.2, 0.25) is 0 Å². The zero-order chi connectivity index (χ0) is 17.3. The number of amides is 2. The van der Waals surface area contributed by atoms with E-state index in [1.165, 1.54) is 0 Å². The highest BCUT2D eigenvalue weighted by molar-refractivity contribution is 5.74. The van der Waals surface area contributed by atoms with Crippen LogP contribution < -0.4 is 10.6 Å². The van der Waals surface area contributed by atoms with Crippen LogP contribution in [0.25, 0.3) is 0 Å². The number of nitrogens with zero attached hydrogens (tertiary/aromatic N) is 2. The number of hydrogen-bond donors (Lipinski definition) is 2. The predicted octanol–water partition coefficient (Wildman–Crippen LogP) is 2.47. The molecule has 6 nitrogen and oxygen atoms in total. The van der Waals surface area contributed by atoms with E-state index < -0.39 is 0 Å². The van der Waals surface area contributed by atoms with E-state index in [2.05, 4.69) is 41.0 Å². The van der Waals surface area contributed by atoms with Crippen LogP contribution in [-0.4, -0.2) is 39.4 Å². The summed E-state index contributed by atoms with van der Waals surface area (Å²) in [5, 5.41) is 6.02. The number of carbonyl (C=O) groups excluding carboxylic acids is 1. The standard InChI is InChI=1S/C17H30N4O2/c1-12(11-21-8-7-18-13(21)2)10-19-15(22)20-14-9-16(3,4)23-17(14,5)6/h7-8,12,14H,9-11H2,1-6H3,(H2,19,20,22)/t12-,14-/m1/s1. The molecule has 2 rings (SSSR count). The van der Waals surface area contributed by atoms with Crippen LogP contribution in [0.3, 0.4) is 0 Å². The second kappa shape index (κ2) is 6.51. The van der Waals surface area contributed by atoms with Gasteiger partial charge in [-0.25, -0.2) is 9.78 Å². The molecular formula is C17H30N4O2. The van der Waals surface area contributed by atoms with Crippen molar-refractivity contribution in [2.24, 2.45) is 5.92 Å². The third kappa shape index (κ3) is 4.70. The van der Waals surface area contributed by atoms with Crippen molar-refractivity contribution in [1.82, 2.24) is 20.2 Å². The van der Waals surface area contributed by atoms with Crippen LogP contribution in [0, 0.1) is 12.8 Å². The van der Waals surface area contributed by atoms with Crippen molar-refractivity contribution in [3.05, 3.63) is 18.2 Å². The highest BCUT2D eigenvalue weighted by atomic mass is 16.5. The van der Waals surface area contributed by atoms with Gasteiger partial charge in [-0.15, -0.1) is 0 Å². The molecule has 1 fully saturated rings. The van der Waals surface area contributed by atoms with Gasteiger partial charge in [0.1, 0.15) is 5.82 Å². The molecule has 1 saturated heterocycles. The van der Waals surface area contributed by atoms with Gasteiger partial charge < -0.3 is 19.9 Å². The fraction of sp³-hybridized carbons (Fsp3) is 0.765. The van der Waals surface area contributed by atoms with Crippen LogP contribution in [0.2, 0.25) is 0 Å². The Morgan fingerprint density at radius 2 is 2.17 bits per heavy atom. The van der Waals surface area contributed by atoms with Gasteiger partial charge in [0.15, 0.2) is 0 Å². The molecular weight excluding hydrogens is 292 g/mol. The van der Waals surface area contributed by atoms with E-state index in [9.17, 15) is 4.79 Å². The van der Waals surface area contributed by atoms with E-state index in [1.54, 1.807) is 6.20 Å². The molecule has 0 spiro atoms. The van der Waals surface area contributed by atoms with Crippen molar-refractivity contribution in [2.75, 3.05) is 6.54 Å². The number of ether oxygens (including phenoxy) is 1. The molecule has 130 valence electrons. The number of nitrogens with one attached hydrogen (secondary N) is 2. The fourth-order valence-corrected chi connectivity index (χ4v) is 3.26. The van der Waals surface area contributed by atoms with Crippen molar-refractivity contribution < 1.29 is 9.53 Å². The van der Waals surface area contributed by atoms with Gasteiger partial charge in [-0.3, -0.25) is 0 Å². The van der Waals surface area contributed by atoms with Crippen molar-refractivity contribution in [3.8, 4) is 0 Å². The lowest BCUT2D eigenvalue weighted by Crippen LogP contribution is -2.50. The Kier molecular flexibility index (Phi) is 5.04. The maximum Gasteiger partial charge on any atom is 0.315 e. The molecule has 1 aromatic rings. The first kappa shape index (κ1) is 17.8. The molecule has 1 aliphatic heterocycles. The molecule has 0 radical (unpaired) electrons. The molecule has 23 heavy (non-hydrogen) atoms. The minimum absolute atomic E-state index is 0.0173. The topological polar surface area (TPSA) is 68.2 Å². The Balaban J connectivity index is 1.78. The van der Waals surface area contributed by atoms with Crippen LogP contribution in [0.1, 0.15) is 46.9 Å². The van der Waals surface area contributed by atoms with Crippen molar-refractivity contribution in [2.45, 2.75) is 71.8 Å². The van der Waals surface area contributed by atoms with Crippen molar-refractivity contribution >= 4 is 6.03 Å². The average molecular weight is 322 g/mol. The molecule has 0 unspecified atom stereocenters. The van der Waals surface area contributed by atoms with E-state index in [4.69, 9.17) is 4.74 Å². The van der Waals surface area contributed by atoms with Crippen LogP contribution >= 0.6 is 0 Å². The monoisotopic (exact) mass is 322 g/mol. The number of carbonyl (C=O) groups is 1. The SMILES string of the molecule is Cc1nccn1C[C@H](C)CNC(=O)N[C@@H]1CC(C)(C)OC1(C)C. The normalized spacial score (nSPS) is 23.5. The van der Waals surface area contributed by atoms with Crippen molar-refractivity contribution in [3.63, 3.8) is 0 Å². The number of imidazole rings is 1. The third-order valence-electron chi connectivity index (χ3n) is 4.42. The van der Waals surface area contributed by atoms with Gasteiger partial charge >= 0.3 is 6.03 Å². The van der Waals surface area contributed by atoms with Crippen LogP contribution in [0.5, 0.6) is 0 Å². The lowest BCUT2D eigenvalue weighted by molar-refractivity contribution is -0.0690. The minimum Gasteiger partial charge on any atom is -0.367 e. The molecule has 0 bridgehead atoms. The second-order valence-electron chi connectivity index (χ2n) is 7.81. The Morgan fingerprint density at radius 3 is 2.70 bits per heavy atom. The van der Waals surface area contributed by atoms with E-state index in [0.717, 1.165) is 18.8 Å². The predicted molar refractivity (Wildman–Crippen MR) is 90.3 cm³/mol. The Bertz CT molecular complexity index is 551. The molecule has 2 atom stereocenters. The van der Waals surface area contributed by atoms with Gasteiger partial charge in [-0.2, -0.15) is 0 Å². The van der Waals surface area contributed by atoms with Gasteiger partial charge in [0.25, 0.3) is 0 Å². The lowest BCUT2D eigenvalue weighted by Gasteiger charge is -2.28. The first-order valence-electron chi connectivity index (χ1n) is 8.31. The molecule has 0 aromatic carbocycles. The third-order valence-corrected chi connectivity index (χ3v) is 4.42. The summed E-state index contributed by atoms with van der Waals surface area (Å²) >= 11 is 0. The molecule has 0 saturated carbocycles. The first-order valence-corrected chi connectivity index (χ1v) is 8.31. The van der Waals surface area contributed by atoms with Gasteiger partial charge in [-0.05, 0) is 47.0 Å². The summed E-state index contributed by atoms with van der Waals surface area (Å²) in [5.41, 5.74) is -0.548. The van der Waals surface area contributed by atoms with E-state index >= 15 is 0 Å².